The number of rotatable bonds is 10. The van der Waals surface area contributed by atoms with Gasteiger partial charge in [-0.05, 0) is 32.6 Å². The number of carbonyl (C=O) groups is 2. The van der Waals surface area contributed by atoms with Crippen molar-refractivity contribution in [3.63, 3.8) is 0 Å². The van der Waals surface area contributed by atoms with E-state index in [1.54, 1.807) is 0 Å². The number of nitrogens with one attached hydrogen (secondary N) is 4. The fourth-order valence-electron chi connectivity index (χ4n) is 3.51. The van der Waals surface area contributed by atoms with Crippen LogP contribution in [0.25, 0.3) is 11.4 Å². The number of hydrogen-bond donors (Lipinski definition) is 4. The standard InChI is InChI=1S/C24H32N6O2/c1-17-21(26-14-13-25-18(2)31)29-23(19-9-5-3-6-10-19)30-22(17)27-15-16-28-24(32)20-11-7-4-8-12-20/h3,5-6,9-11H,4,7-8,12-16H2,1-2H3,(H,25,31)(H,28,32)(H2,26,27,29,30). The second kappa shape index (κ2) is 11.8. The fourth-order valence-corrected chi connectivity index (χ4v) is 3.51. The fraction of sp³-hybridized carbons (Fsp3) is 0.417. The zero-order chi connectivity index (χ0) is 22.8. The highest BCUT2D eigenvalue weighted by Gasteiger charge is 2.14. The molecule has 2 amide bonds. The second-order valence-electron chi connectivity index (χ2n) is 7.80. The van der Waals surface area contributed by atoms with E-state index >= 15 is 0 Å². The molecule has 0 unspecified atom stereocenters. The maximum atomic E-state index is 12.3. The van der Waals surface area contributed by atoms with E-state index < -0.39 is 0 Å². The highest BCUT2D eigenvalue weighted by molar-refractivity contribution is 5.93. The first kappa shape index (κ1) is 23.2. The SMILES string of the molecule is CC(=O)NCCNc1nc(-c2ccccc2)nc(NCCNC(=O)C2=CCCCC2)c1C. The zero-order valence-electron chi connectivity index (χ0n) is 18.8. The summed E-state index contributed by atoms with van der Waals surface area (Å²) in [6, 6.07) is 9.78. The predicted molar refractivity (Wildman–Crippen MR) is 127 cm³/mol. The molecule has 0 saturated carbocycles. The summed E-state index contributed by atoms with van der Waals surface area (Å²) in [6.07, 6.45) is 6.14. The summed E-state index contributed by atoms with van der Waals surface area (Å²) in [5.41, 5.74) is 2.69. The van der Waals surface area contributed by atoms with Gasteiger partial charge in [0.2, 0.25) is 11.8 Å². The van der Waals surface area contributed by atoms with Gasteiger partial charge in [0.25, 0.3) is 0 Å². The molecule has 0 aliphatic heterocycles. The maximum Gasteiger partial charge on any atom is 0.246 e. The van der Waals surface area contributed by atoms with Gasteiger partial charge in [-0.15, -0.1) is 0 Å². The van der Waals surface area contributed by atoms with E-state index in [2.05, 4.69) is 26.3 Å². The summed E-state index contributed by atoms with van der Waals surface area (Å²) in [7, 11) is 0. The first-order valence-corrected chi connectivity index (χ1v) is 11.2. The number of benzene rings is 1. The van der Waals surface area contributed by atoms with E-state index in [1.807, 2.05) is 43.3 Å². The summed E-state index contributed by atoms with van der Waals surface area (Å²) in [5.74, 6) is 1.99. The van der Waals surface area contributed by atoms with E-state index in [0.29, 0.717) is 43.6 Å². The lowest BCUT2D eigenvalue weighted by atomic mass is 9.99. The summed E-state index contributed by atoms with van der Waals surface area (Å²) < 4.78 is 0. The number of amides is 2. The van der Waals surface area contributed by atoms with Crippen molar-refractivity contribution < 1.29 is 9.59 Å². The van der Waals surface area contributed by atoms with Crippen LogP contribution in [-0.2, 0) is 9.59 Å². The molecule has 32 heavy (non-hydrogen) atoms. The van der Waals surface area contributed by atoms with Crippen LogP contribution in [0.2, 0.25) is 0 Å². The molecule has 4 N–H and O–H groups in total. The molecule has 0 spiro atoms. The lowest BCUT2D eigenvalue weighted by Gasteiger charge is -2.16. The third-order valence-electron chi connectivity index (χ3n) is 5.25. The van der Waals surface area contributed by atoms with Crippen molar-refractivity contribution in [1.82, 2.24) is 20.6 Å². The zero-order valence-corrected chi connectivity index (χ0v) is 18.8. The lowest BCUT2D eigenvalue weighted by Crippen LogP contribution is -2.30. The quantitative estimate of drug-likeness (QED) is 0.427. The third kappa shape index (κ3) is 6.80. The van der Waals surface area contributed by atoms with Crippen LogP contribution in [0.5, 0.6) is 0 Å². The second-order valence-corrected chi connectivity index (χ2v) is 7.80. The van der Waals surface area contributed by atoms with Gasteiger partial charge in [-0.3, -0.25) is 9.59 Å². The maximum absolute atomic E-state index is 12.3. The van der Waals surface area contributed by atoms with Crippen LogP contribution < -0.4 is 21.3 Å². The summed E-state index contributed by atoms with van der Waals surface area (Å²) >= 11 is 0. The van der Waals surface area contributed by atoms with Crippen LogP contribution in [0.3, 0.4) is 0 Å². The number of nitrogens with zero attached hydrogens (tertiary/aromatic N) is 2. The van der Waals surface area contributed by atoms with Gasteiger partial charge in [-0.1, -0.05) is 36.4 Å². The number of allylic oxidation sites excluding steroid dienone is 1. The Labute approximate surface area is 189 Å². The molecule has 0 fully saturated rings. The predicted octanol–water partition coefficient (Wildman–Crippen LogP) is 3.03. The molecule has 1 aromatic carbocycles. The molecule has 0 atom stereocenters. The van der Waals surface area contributed by atoms with Crippen molar-refractivity contribution in [1.29, 1.82) is 0 Å². The monoisotopic (exact) mass is 436 g/mol. The molecule has 1 aliphatic carbocycles. The van der Waals surface area contributed by atoms with Gasteiger partial charge in [0.05, 0.1) is 0 Å². The first-order valence-electron chi connectivity index (χ1n) is 11.2. The Bertz CT molecular complexity index is 958. The van der Waals surface area contributed by atoms with Gasteiger partial charge < -0.3 is 21.3 Å². The minimum atomic E-state index is -0.0652. The number of aromatic nitrogens is 2. The van der Waals surface area contributed by atoms with Gasteiger partial charge in [-0.25, -0.2) is 9.97 Å². The molecule has 0 saturated heterocycles. The van der Waals surface area contributed by atoms with Crippen molar-refractivity contribution in [2.24, 2.45) is 0 Å². The molecule has 0 radical (unpaired) electrons. The summed E-state index contributed by atoms with van der Waals surface area (Å²) in [6.45, 7) is 5.56. The Balaban J connectivity index is 1.66. The van der Waals surface area contributed by atoms with E-state index in [0.717, 1.165) is 42.4 Å². The normalized spacial score (nSPS) is 13.1. The van der Waals surface area contributed by atoms with Crippen molar-refractivity contribution in [3.8, 4) is 11.4 Å². The average molecular weight is 437 g/mol. The minimum Gasteiger partial charge on any atom is -0.368 e. The molecule has 1 heterocycles. The van der Waals surface area contributed by atoms with Crippen molar-refractivity contribution in [2.45, 2.75) is 39.5 Å². The largest absolute Gasteiger partial charge is 0.368 e. The van der Waals surface area contributed by atoms with E-state index in [4.69, 9.17) is 4.98 Å². The smallest absolute Gasteiger partial charge is 0.246 e. The third-order valence-corrected chi connectivity index (χ3v) is 5.25. The molecule has 170 valence electrons. The van der Waals surface area contributed by atoms with E-state index in [1.165, 1.54) is 6.92 Å². The molecule has 3 rings (SSSR count). The molecule has 1 aromatic heterocycles. The highest BCUT2D eigenvalue weighted by Crippen LogP contribution is 2.25. The van der Waals surface area contributed by atoms with Crippen molar-refractivity contribution in [2.75, 3.05) is 36.8 Å². The van der Waals surface area contributed by atoms with Gasteiger partial charge in [0, 0.05) is 49.8 Å². The van der Waals surface area contributed by atoms with Crippen LogP contribution >= 0.6 is 0 Å². The highest BCUT2D eigenvalue weighted by atomic mass is 16.2. The van der Waals surface area contributed by atoms with Crippen molar-refractivity contribution >= 4 is 23.5 Å². The van der Waals surface area contributed by atoms with Crippen LogP contribution in [0.4, 0.5) is 11.6 Å². The number of hydrogen-bond acceptors (Lipinski definition) is 6. The lowest BCUT2D eigenvalue weighted by molar-refractivity contribution is -0.119. The van der Waals surface area contributed by atoms with Gasteiger partial charge in [0.15, 0.2) is 5.82 Å². The number of carbonyl (C=O) groups excluding carboxylic acids is 2. The Morgan fingerprint density at radius 3 is 2.16 bits per heavy atom. The van der Waals surface area contributed by atoms with Gasteiger partial charge in [0.1, 0.15) is 11.6 Å². The molecule has 8 nitrogen and oxygen atoms in total. The molecule has 0 bridgehead atoms. The number of anilines is 2. The molecular weight excluding hydrogens is 404 g/mol. The van der Waals surface area contributed by atoms with Gasteiger partial charge >= 0.3 is 0 Å². The first-order chi connectivity index (χ1) is 15.5. The summed E-state index contributed by atoms with van der Waals surface area (Å²) in [4.78, 5) is 32.8. The minimum absolute atomic E-state index is 0.0243. The molecular formula is C24H32N6O2. The Morgan fingerprint density at radius 2 is 1.56 bits per heavy atom. The van der Waals surface area contributed by atoms with Crippen LogP contribution in [0, 0.1) is 6.92 Å². The van der Waals surface area contributed by atoms with E-state index in [-0.39, 0.29) is 11.8 Å². The molecule has 2 aromatic rings. The van der Waals surface area contributed by atoms with E-state index in [9.17, 15) is 9.59 Å². The Morgan fingerprint density at radius 1 is 0.906 bits per heavy atom. The Kier molecular flexibility index (Phi) is 8.60. The molecule has 8 heteroatoms. The van der Waals surface area contributed by atoms with Crippen LogP contribution in [-0.4, -0.2) is 48.0 Å². The molecule has 1 aliphatic rings. The van der Waals surface area contributed by atoms with Crippen LogP contribution in [0.1, 0.15) is 38.2 Å². The average Bonchev–Trinajstić information content (AvgIpc) is 2.82. The van der Waals surface area contributed by atoms with Crippen molar-refractivity contribution in [3.05, 3.63) is 47.5 Å². The topological polar surface area (TPSA) is 108 Å². The summed E-state index contributed by atoms with van der Waals surface area (Å²) in [5, 5.41) is 12.4. The Hall–Kier alpha value is -3.42. The van der Waals surface area contributed by atoms with Gasteiger partial charge in [-0.2, -0.15) is 0 Å². The van der Waals surface area contributed by atoms with Crippen LogP contribution in [0.15, 0.2) is 42.0 Å².